The fourth-order valence-electron chi connectivity index (χ4n) is 5.90. The van der Waals surface area contributed by atoms with Gasteiger partial charge in [-0.25, -0.2) is 4.79 Å². The molecule has 0 radical (unpaired) electrons. The lowest BCUT2D eigenvalue weighted by Crippen LogP contribution is -2.32. The van der Waals surface area contributed by atoms with E-state index in [1.54, 1.807) is 0 Å². The minimum Gasteiger partial charge on any atom is -0.444 e. The van der Waals surface area contributed by atoms with Crippen LogP contribution in [-0.4, -0.2) is 22.8 Å². The zero-order valence-corrected chi connectivity index (χ0v) is 19.1. The first kappa shape index (κ1) is 21.7. The van der Waals surface area contributed by atoms with E-state index in [0.29, 0.717) is 23.4 Å². The molecule has 5 rings (SSSR count). The van der Waals surface area contributed by atoms with Crippen LogP contribution in [-0.2, 0) is 27.5 Å². The van der Waals surface area contributed by atoms with Crippen molar-refractivity contribution in [3.05, 3.63) is 65.2 Å². The molecule has 33 heavy (non-hydrogen) atoms. The van der Waals surface area contributed by atoms with Crippen molar-refractivity contribution < 1.29 is 19.1 Å². The summed E-state index contributed by atoms with van der Waals surface area (Å²) in [6.45, 7) is 4.55. The average Bonchev–Trinajstić information content (AvgIpc) is 3.49. The lowest BCUT2D eigenvalue weighted by molar-refractivity contribution is -0.141. The molecular formula is C27H30N2O4. The first-order valence-corrected chi connectivity index (χ1v) is 11.9. The molecule has 6 nitrogen and oxygen atoms in total. The van der Waals surface area contributed by atoms with Gasteiger partial charge in [0.1, 0.15) is 6.61 Å². The summed E-state index contributed by atoms with van der Waals surface area (Å²) >= 11 is 0. The Balaban J connectivity index is 1.22. The molecule has 1 heterocycles. The van der Waals surface area contributed by atoms with Crippen molar-refractivity contribution in [1.29, 1.82) is 0 Å². The predicted molar refractivity (Wildman–Crippen MR) is 124 cm³/mol. The van der Waals surface area contributed by atoms with Gasteiger partial charge in [-0.3, -0.25) is 19.8 Å². The van der Waals surface area contributed by atoms with Crippen molar-refractivity contribution in [3.8, 4) is 0 Å². The van der Waals surface area contributed by atoms with Crippen LogP contribution in [0, 0.1) is 23.7 Å². The first-order valence-electron chi connectivity index (χ1n) is 11.9. The molecular weight excluding hydrogens is 416 g/mol. The second-order valence-electron chi connectivity index (χ2n) is 9.89. The van der Waals surface area contributed by atoms with Gasteiger partial charge in [-0.2, -0.15) is 0 Å². The second kappa shape index (κ2) is 8.65. The summed E-state index contributed by atoms with van der Waals surface area (Å²) in [6, 6.07) is 15.2. The van der Waals surface area contributed by atoms with Gasteiger partial charge in [-0.15, -0.1) is 0 Å². The van der Waals surface area contributed by atoms with Crippen molar-refractivity contribution in [2.24, 2.45) is 23.7 Å². The Bertz CT molecular complexity index is 1050. The summed E-state index contributed by atoms with van der Waals surface area (Å²) < 4.78 is 5.45. The molecule has 0 aromatic heterocycles. The topological polar surface area (TPSA) is 75.7 Å². The maximum absolute atomic E-state index is 13.0. The molecule has 2 aromatic carbocycles. The molecule has 2 aliphatic carbocycles. The van der Waals surface area contributed by atoms with Crippen LogP contribution in [0.1, 0.15) is 55.7 Å². The van der Waals surface area contributed by atoms with E-state index in [2.05, 4.69) is 19.2 Å². The van der Waals surface area contributed by atoms with Crippen molar-refractivity contribution in [3.63, 3.8) is 0 Å². The number of imide groups is 1. The number of anilines is 1. The molecule has 4 atom stereocenters. The monoisotopic (exact) mass is 446 g/mol. The van der Waals surface area contributed by atoms with Crippen molar-refractivity contribution in [2.75, 3.05) is 5.32 Å². The zero-order chi connectivity index (χ0) is 23.1. The van der Waals surface area contributed by atoms with E-state index in [4.69, 9.17) is 4.74 Å². The molecule has 3 aliphatic rings. The number of ether oxygens (including phenoxy) is 1. The van der Waals surface area contributed by atoms with Crippen LogP contribution < -0.4 is 5.32 Å². The lowest BCUT2D eigenvalue weighted by Gasteiger charge is -2.19. The number of likely N-dealkylation sites (tertiary alicyclic amines) is 1. The summed E-state index contributed by atoms with van der Waals surface area (Å²) in [7, 11) is 0. The van der Waals surface area contributed by atoms with Crippen LogP contribution >= 0.6 is 0 Å². The molecule has 1 N–H and O–H groups in total. The largest absolute Gasteiger partial charge is 0.444 e. The summed E-state index contributed by atoms with van der Waals surface area (Å²) in [5, 5.41) is 2.75. The van der Waals surface area contributed by atoms with Gasteiger partial charge in [0.05, 0.1) is 18.4 Å². The second-order valence-corrected chi connectivity index (χ2v) is 9.89. The van der Waals surface area contributed by atoms with Crippen molar-refractivity contribution in [1.82, 2.24) is 4.90 Å². The number of fused-ring (bicyclic) bond motifs is 5. The standard InChI is InChI=1S/C27H30N2O4/c1-16(2)17-9-11-22(12-10-17)28-27(32)33-15-21-6-4-3-5-20(21)14-29-25(30)23-18-7-8-19(13-18)24(23)26(29)31/h3-6,9-12,16,18-19,23-24H,7-8,13-15H2,1-2H3,(H,28,32). The number of rotatable bonds is 6. The van der Waals surface area contributed by atoms with E-state index in [-0.39, 0.29) is 36.8 Å². The number of hydrogen-bond acceptors (Lipinski definition) is 4. The number of nitrogens with zero attached hydrogens (tertiary/aromatic N) is 1. The Hall–Kier alpha value is -3.15. The van der Waals surface area contributed by atoms with Crippen LogP contribution in [0.15, 0.2) is 48.5 Å². The molecule has 2 aromatic rings. The average molecular weight is 447 g/mol. The van der Waals surface area contributed by atoms with Crippen molar-refractivity contribution in [2.45, 2.75) is 52.2 Å². The van der Waals surface area contributed by atoms with Gasteiger partial charge in [-0.1, -0.05) is 50.2 Å². The minimum atomic E-state index is -0.540. The van der Waals surface area contributed by atoms with Crippen LogP contribution in [0.3, 0.4) is 0 Å². The quantitative estimate of drug-likeness (QED) is 0.627. The maximum atomic E-state index is 13.0. The van der Waals surface area contributed by atoms with Crippen molar-refractivity contribution >= 4 is 23.6 Å². The third-order valence-corrected chi connectivity index (χ3v) is 7.65. The zero-order valence-electron chi connectivity index (χ0n) is 19.1. The van der Waals surface area contributed by atoms with Crippen LogP contribution in [0.2, 0.25) is 0 Å². The summed E-state index contributed by atoms with van der Waals surface area (Å²) in [5.74, 6) is 0.898. The molecule has 1 aliphatic heterocycles. The summed E-state index contributed by atoms with van der Waals surface area (Å²) in [5.41, 5.74) is 3.50. The van der Waals surface area contributed by atoms with Gasteiger partial charge in [-0.05, 0) is 65.8 Å². The van der Waals surface area contributed by atoms with Crippen LogP contribution in [0.4, 0.5) is 10.5 Å². The Morgan fingerprint density at radius 3 is 2.18 bits per heavy atom. The number of benzene rings is 2. The Kier molecular flexibility index (Phi) is 5.69. The highest BCUT2D eigenvalue weighted by atomic mass is 16.5. The Labute approximate surface area is 194 Å². The van der Waals surface area contributed by atoms with E-state index in [9.17, 15) is 14.4 Å². The van der Waals surface area contributed by atoms with Gasteiger partial charge in [0.25, 0.3) is 0 Å². The smallest absolute Gasteiger partial charge is 0.411 e. The fraction of sp³-hybridized carbons (Fsp3) is 0.444. The fourth-order valence-corrected chi connectivity index (χ4v) is 5.90. The SMILES string of the molecule is CC(C)c1ccc(NC(=O)OCc2ccccc2CN2C(=O)C3C4CCC(C4)C3C2=O)cc1. The molecule has 3 amide bonds. The van der Waals surface area contributed by atoms with Gasteiger partial charge < -0.3 is 4.74 Å². The van der Waals surface area contributed by atoms with E-state index in [1.165, 1.54) is 10.5 Å². The Morgan fingerprint density at radius 2 is 1.58 bits per heavy atom. The number of carbonyl (C=O) groups excluding carboxylic acids is 3. The highest BCUT2D eigenvalue weighted by Gasteiger charge is 2.60. The molecule has 4 unspecified atom stereocenters. The van der Waals surface area contributed by atoms with E-state index in [0.717, 1.165) is 30.4 Å². The highest BCUT2D eigenvalue weighted by Crippen LogP contribution is 2.56. The number of hydrogen-bond donors (Lipinski definition) is 1. The lowest BCUT2D eigenvalue weighted by atomic mass is 9.81. The Morgan fingerprint density at radius 1 is 0.970 bits per heavy atom. The molecule has 2 bridgehead atoms. The minimum absolute atomic E-state index is 0.0180. The summed E-state index contributed by atoms with van der Waals surface area (Å²) in [6.07, 6.45) is 2.62. The number of amides is 3. The van der Waals surface area contributed by atoms with E-state index in [1.807, 2.05) is 48.5 Å². The molecule has 0 spiro atoms. The van der Waals surface area contributed by atoms with Gasteiger partial charge in [0.2, 0.25) is 11.8 Å². The van der Waals surface area contributed by atoms with Gasteiger partial charge in [0.15, 0.2) is 0 Å². The van der Waals surface area contributed by atoms with E-state index >= 15 is 0 Å². The molecule has 1 saturated heterocycles. The molecule has 6 heteroatoms. The normalized spacial score (nSPS) is 25.6. The summed E-state index contributed by atoms with van der Waals surface area (Å²) in [4.78, 5) is 39.9. The highest BCUT2D eigenvalue weighted by molar-refractivity contribution is 6.06. The third kappa shape index (κ3) is 4.03. The predicted octanol–water partition coefficient (Wildman–Crippen LogP) is 5.09. The first-order chi connectivity index (χ1) is 15.9. The molecule has 2 saturated carbocycles. The van der Waals surface area contributed by atoms with Gasteiger partial charge >= 0.3 is 6.09 Å². The number of nitrogens with one attached hydrogen (secondary N) is 1. The third-order valence-electron chi connectivity index (χ3n) is 7.65. The van der Waals surface area contributed by atoms with Gasteiger partial charge in [0, 0.05) is 5.69 Å². The molecule has 172 valence electrons. The van der Waals surface area contributed by atoms with E-state index < -0.39 is 6.09 Å². The maximum Gasteiger partial charge on any atom is 0.411 e. The number of carbonyl (C=O) groups is 3. The van der Waals surface area contributed by atoms with Crippen LogP contribution in [0.5, 0.6) is 0 Å². The van der Waals surface area contributed by atoms with Crippen LogP contribution in [0.25, 0.3) is 0 Å². The molecule has 3 fully saturated rings.